The summed E-state index contributed by atoms with van der Waals surface area (Å²) in [6, 6.07) is 2.28. The number of piperidine rings is 1. The summed E-state index contributed by atoms with van der Waals surface area (Å²) < 4.78 is 16.7. The van der Waals surface area contributed by atoms with Crippen molar-refractivity contribution >= 4 is 11.6 Å². The molecular weight excluding hydrogens is 266 g/mol. The third kappa shape index (κ3) is 2.35. The van der Waals surface area contributed by atoms with Crippen molar-refractivity contribution in [2.45, 2.75) is 25.3 Å². The third-order valence-electron chi connectivity index (χ3n) is 3.65. The molecule has 1 aromatic carbocycles. The molecule has 19 heavy (non-hydrogen) atoms. The Labute approximate surface area is 118 Å². The first-order valence-corrected chi connectivity index (χ1v) is 7.08. The minimum absolute atomic E-state index is 0.275. The fraction of sp³-hybridized carbons (Fsp3) is 0.571. The Morgan fingerprint density at radius 2 is 2.16 bits per heavy atom. The first kappa shape index (κ1) is 12.9. The molecule has 1 unspecified atom stereocenters. The van der Waals surface area contributed by atoms with Crippen LogP contribution in [-0.4, -0.2) is 26.9 Å². The molecule has 1 saturated heterocycles. The number of fused-ring (bicyclic) bond motifs is 1. The zero-order chi connectivity index (χ0) is 13.2. The Kier molecular flexibility index (Phi) is 3.71. The van der Waals surface area contributed by atoms with Crippen LogP contribution in [0, 0.1) is 0 Å². The van der Waals surface area contributed by atoms with E-state index in [1.165, 1.54) is 12.8 Å². The van der Waals surface area contributed by atoms with Gasteiger partial charge in [-0.3, -0.25) is 0 Å². The van der Waals surface area contributed by atoms with Crippen molar-refractivity contribution in [3.05, 3.63) is 16.7 Å². The molecule has 5 heteroatoms. The first-order chi connectivity index (χ1) is 9.31. The van der Waals surface area contributed by atoms with E-state index in [0.29, 0.717) is 29.7 Å². The zero-order valence-corrected chi connectivity index (χ0v) is 11.8. The fourth-order valence-electron chi connectivity index (χ4n) is 2.73. The van der Waals surface area contributed by atoms with Gasteiger partial charge in [-0.2, -0.15) is 0 Å². The fourth-order valence-corrected chi connectivity index (χ4v) is 3.06. The van der Waals surface area contributed by atoms with E-state index in [4.69, 9.17) is 25.8 Å². The Morgan fingerprint density at radius 1 is 1.32 bits per heavy atom. The summed E-state index contributed by atoms with van der Waals surface area (Å²) in [5, 5.41) is 4.02. The average Bonchev–Trinajstić information content (AvgIpc) is 2.48. The standard InChI is InChI=1S/C14H18ClNO3/c1-17-13-9(10-4-2-3-5-16-10)8-11-14(12(13)15)19-7-6-18-11/h8,10,16H,2-7H2,1H3. The molecule has 0 amide bonds. The maximum Gasteiger partial charge on any atom is 0.183 e. The minimum Gasteiger partial charge on any atom is -0.495 e. The second-order valence-corrected chi connectivity index (χ2v) is 5.22. The lowest BCUT2D eigenvalue weighted by Gasteiger charge is -2.28. The lowest BCUT2D eigenvalue weighted by atomic mass is 9.96. The predicted molar refractivity (Wildman–Crippen MR) is 73.6 cm³/mol. The lowest BCUT2D eigenvalue weighted by Crippen LogP contribution is -2.27. The van der Waals surface area contributed by atoms with E-state index in [1.54, 1.807) is 7.11 Å². The molecule has 0 aromatic heterocycles. The maximum absolute atomic E-state index is 6.39. The van der Waals surface area contributed by atoms with Crippen LogP contribution in [0.1, 0.15) is 30.9 Å². The van der Waals surface area contributed by atoms with E-state index in [0.717, 1.165) is 24.3 Å². The highest BCUT2D eigenvalue weighted by atomic mass is 35.5. The van der Waals surface area contributed by atoms with Gasteiger partial charge in [0.1, 0.15) is 24.0 Å². The molecular formula is C14H18ClNO3. The zero-order valence-electron chi connectivity index (χ0n) is 11.0. The number of ether oxygens (including phenoxy) is 3. The highest BCUT2D eigenvalue weighted by Gasteiger charge is 2.27. The molecule has 2 aliphatic heterocycles. The van der Waals surface area contributed by atoms with Gasteiger partial charge in [0.15, 0.2) is 11.5 Å². The van der Waals surface area contributed by atoms with E-state index in [9.17, 15) is 0 Å². The van der Waals surface area contributed by atoms with Crippen molar-refractivity contribution in [3.8, 4) is 17.2 Å². The van der Waals surface area contributed by atoms with Crippen molar-refractivity contribution in [1.29, 1.82) is 0 Å². The Hall–Kier alpha value is -1.13. The van der Waals surface area contributed by atoms with Gasteiger partial charge in [0.05, 0.1) is 7.11 Å². The van der Waals surface area contributed by atoms with Crippen LogP contribution < -0.4 is 19.5 Å². The quantitative estimate of drug-likeness (QED) is 0.906. The number of nitrogens with one attached hydrogen (secondary N) is 1. The SMILES string of the molecule is COc1c(C2CCCCN2)cc2c(c1Cl)OCCO2. The summed E-state index contributed by atoms with van der Waals surface area (Å²) in [5.41, 5.74) is 1.07. The molecule has 0 radical (unpaired) electrons. The van der Waals surface area contributed by atoms with Crippen LogP contribution >= 0.6 is 11.6 Å². The summed E-state index contributed by atoms with van der Waals surface area (Å²) in [6.07, 6.45) is 3.52. The second kappa shape index (κ2) is 5.47. The predicted octanol–water partition coefficient (Wildman–Crippen LogP) is 2.93. The van der Waals surface area contributed by atoms with Gasteiger partial charge in [-0.25, -0.2) is 0 Å². The normalized spacial score (nSPS) is 22.1. The second-order valence-electron chi connectivity index (χ2n) is 4.84. The van der Waals surface area contributed by atoms with Crippen LogP contribution in [0.4, 0.5) is 0 Å². The van der Waals surface area contributed by atoms with E-state index in [-0.39, 0.29) is 6.04 Å². The molecule has 3 rings (SSSR count). The van der Waals surface area contributed by atoms with Gasteiger partial charge in [-0.1, -0.05) is 18.0 Å². The van der Waals surface area contributed by atoms with Gasteiger partial charge < -0.3 is 19.5 Å². The molecule has 1 N–H and O–H groups in total. The van der Waals surface area contributed by atoms with Crippen molar-refractivity contribution in [2.75, 3.05) is 26.9 Å². The van der Waals surface area contributed by atoms with Crippen molar-refractivity contribution in [1.82, 2.24) is 5.32 Å². The van der Waals surface area contributed by atoms with Crippen LogP contribution in [0.15, 0.2) is 6.07 Å². The topological polar surface area (TPSA) is 39.7 Å². The molecule has 104 valence electrons. The molecule has 1 aromatic rings. The maximum atomic E-state index is 6.39. The van der Waals surface area contributed by atoms with E-state index in [2.05, 4.69) is 5.32 Å². The minimum atomic E-state index is 0.275. The monoisotopic (exact) mass is 283 g/mol. The van der Waals surface area contributed by atoms with Crippen LogP contribution in [-0.2, 0) is 0 Å². The Bertz CT molecular complexity index is 472. The van der Waals surface area contributed by atoms with Crippen LogP contribution in [0.2, 0.25) is 5.02 Å². The number of hydrogen-bond donors (Lipinski definition) is 1. The van der Waals surface area contributed by atoms with E-state index >= 15 is 0 Å². The highest BCUT2D eigenvalue weighted by molar-refractivity contribution is 6.34. The first-order valence-electron chi connectivity index (χ1n) is 6.70. The number of halogens is 1. The summed E-state index contributed by atoms with van der Waals surface area (Å²) in [6.45, 7) is 2.12. The molecule has 0 saturated carbocycles. The lowest BCUT2D eigenvalue weighted by molar-refractivity contribution is 0.170. The van der Waals surface area contributed by atoms with Gasteiger partial charge >= 0.3 is 0 Å². The molecule has 0 bridgehead atoms. The van der Waals surface area contributed by atoms with E-state index < -0.39 is 0 Å². The van der Waals surface area contributed by atoms with Crippen molar-refractivity contribution < 1.29 is 14.2 Å². The summed E-state index contributed by atoms with van der Waals surface area (Å²) in [5.74, 6) is 2.02. The van der Waals surface area contributed by atoms with Crippen molar-refractivity contribution in [3.63, 3.8) is 0 Å². The average molecular weight is 284 g/mol. The molecule has 1 fully saturated rings. The number of rotatable bonds is 2. The third-order valence-corrected chi connectivity index (χ3v) is 3.99. The smallest absolute Gasteiger partial charge is 0.183 e. The molecule has 4 nitrogen and oxygen atoms in total. The van der Waals surface area contributed by atoms with Gasteiger partial charge in [0, 0.05) is 11.6 Å². The van der Waals surface area contributed by atoms with Crippen LogP contribution in [0.25, 0.3) is 0 Å². The number of benzene rings is 1. The number of methoxy groups -OCH3 is 1. The summed E-state index contributed by atoms with van der Waals surface area (Å²) in [4.78, 5) is 0. The molecule has 1 atom stereocenters. The van der Waals surface area contributed by atoms with Crippen LogP contribution in [0.3, 0.4) is 0 Å². The molecule has 2 heterocycles. The highest BCUT2D eigenvalue weighted by Crippen LogP contribution is 2.47. The van der Waals surface area contributed by atoms with Gasteiger partial charge in [-0.05, 0) is 25.5 Å². The Balaban J connectivity index is 2.04. The van der Waals surface area contributed by atoms with E-state index in [1.807, 2.05) is 6.07 Å². The van der Waals surface area contributed by atoms with Gasteiger partial charge in [0.2, 0.25) is 0 Å². The molecule has 2 aliphatic rings. The van der Waals surface area contributed by atoms with Gasteiger partial charge in [-0.15, -0.1) is 0 Å². The van der Waals surface area contributed by atoms with Crippen LogP contribution in [0.5, 0.6) is 17.2 Å². The summed E-state index contributed by atoms with van der Waals surface area (Å²) in [7, 11) is 1.64. The molecule has 0 aliphatic carbocycles. The van der Waals surface area contributed by atoms with Crippen molar-refractivity contribution in [2.24, 2.45) is 0 Å². The molecule has 0 spiro atoms. The summed E-state index contributed by atoms with van der Waals surface area (Å²) >= 11 is 6.39. The van der Waals surface area contributed by atoms with Gasteiger partial charge in [0.25, 0.3) is 0 Å². The Morgan fingerprint density at radius 3 is 2.89 bits per heavy atom. The largest absolute Gasteiger partial charge is 0.495 e. The number of hydrogen-bond acceptors (Lipinski definition) is 4.